The first-order valence-electron chi connectivity index (χ1n) is 9.88. The summed E-state index contributed by atoms with van der Waals surface area (Å²) in [5, 5.41) is 12.6. The predicted molar refractivity (Wildman–Crippen MR) is 98.8 cm³/mol. The van der Waals surface area contributed by atoms with Gasteiger partial charge in [-0.25, -0.2) is 4.39 Å². The smallest absolute Gasteiger partial charge is 0.308 e. The highest BCUT2D eigenvalue weighted by molar-refractivity contribution is 5.88. The number of amides is 1. The van der Waals surface area contributed by atoms with Gasteiger partial charge < -0.3 is 15.2 Å². The molecule has 1 aliphatic carbocycles. The lowest BCUT2D eigenvalue weighted by Crippen LogP contribution is -2.48. The zero-order valence-corrected chi connectivity index (χ0v) is 15.6. The summed E-state index contributed by atoms with van der Waals surface area (Å²) in [6, 6.07) is 6.16. The molecule has 1 aromatic rings. The van der Waals surface area contributed by atoms with Gasteiger partial charge in [-0.2, -0.15) is 0 Å². The van der Waals surface area contributed by atoms with Crippen LogP contribution in [0.1, 0.15) is 50.5 Å². The molecule has 148 valence electrons. The molecule has 0 aromatic heterocycles. The van der Waals surface area contributed by atoms with Crippen molar-refractivity contribution in [1.29, 1.82) is 0 Å². The highest BCUT2D eigenvalue weighted by Crippen LogP contribution is 2.40. The molecule has 1 aliphatic heterocycles. The number of benzene rings is 1. The molecule has 1 unspecified atom stereocenters. The number of carboxylic acids is 1. The molecule has 0 bridgehead atoms. The number of halogens is 1. The predicted octanol–water partition coefficient (Wildman–Crippen LogP) is 3.27. The molecular weight excluding hydrogens is 349 g/mol. The van der Waals surface area contributed by atoms with Gasteiger partial charge in [-0.1, -0.05) is 31.4 Å². The Morgan fingerprint density at radius 2 is 1.78 bits per heavy atom. The molecular formula is C21H28FNO4. The van der Waals surface area contributed by atoms with Gasteiger partial charge in [-0.15, -0.1) is 0 Å². The molecule has 1 atom stereocenters. The summed E-state index contributed by atoms with van der Waals surface area (Å²) in [4.78, 5) is 24.9. The third kappa shape index (κ3) is 4.49. The lowest BCUT2D eigenvalue weighted by atomic mass is 9.68. The average Bonchev–Trinajstić information content (AvgIpc) is 2.69. The maximum absolute atomic E-state index is 13.4. The van der Waals surface area contributed by atoms with E-state index in [2.05, 4.69) is 5.32 Å². The summed E-state index contributed by atoms with van der Waals surface area (Å²) in [5.74, 6) is -1.92. The zero-order chi connectivity index (χ0) is 19.3. The van der Waals surface area contributed by atoms with Gasteiger partial charge in [0.05, 0.1) is 11.3 Å². The van der Waals surface area contributed by atoms with Crippen LogP contribution in [0.3, 0.4) is 0 Å². The minimum absolute atomic E-state index is 0.0182. The molecule has 1 saturated heterocycles. The Balaban J connectivity index is 1.74. The van der Waals surface area contributed by atoms with Crippen molar-refractivity contribution >= 4 is 11.9 Å². The Hall–Kier alpha value is -1.95. The van der Waals surface area contributed by atoms with E-state index in [0.717, 1.165) is 24.8 Å². The van der Waals surface area contributed by atoms with E-state index in [1.54, 1.807) is 12.1 Å². The quantitative estimate of drug-likeness (QED) is 0.798. The van der Waals surface area contributed by atoms with E-state index in [9.17, 15) is 19.1 Å². The summed E-state index contributed by atoms with van der Waals surface area (Å²) >= 11 is 0. The highest BCUT2D eigenvalue weighted by Gasteiger charge is 2.41. The summed E-state index contributed by atoms with van der Waals surface area (Å²) in [6.45, 7) is 1.27. The van der Waals surface area contributed by atoms with E-state index < -0.39 is 17.3 Å². The lowest BCUT2D eigenvalue weighted by Gasteiger charge is -2.37. The number of carboxylic acid groups (broad SMARTS) is 1. The van der Waals surface area contributed by atoms with Crippen LogP contribution < -0.4 is 5.32 Å². The van der Waals surface area contributed by atoms with Gasteiger partial charge in [0.1, 0.15) is 5.82 Å². The minimum atomic E-state index is -0.873. The van der Waals surface area contributed by atoms with Crippen LogP contribution >= 0.6 is 0 Å². The van der Waals surface area contributed by atoms with Crippen molar-refractivity contribution in [3.05, 3.63) is 35.6 Å². The molecule has 1 aromatic carbocycles. The summed E-state index contributed by atoms with van der Waals surface area (Å²) in [5.41, 5.74) is 0.129. The number of hydrogen-bond donors (Lipinski definition) is 2. The van der Waals surface area contributed by atoms with Crippen LogP contribution in [0.15, 0.2) is 24.3 Å². The van der Waals surface area contributed by atoms with E-state index in [1.807, 2.05) is 0 Å². The number of hydrogen-bond acceptors (Lipinski definition) is 3. The third-order valence-corrected chi connectivity index (χ3v) is 6.17. The molecule has 1 heterocycles. The molecule has 1 amide bonds. The van der Waals surface area contributed by atoms with Gasteiger partial charge in [-0.05, 0) is 49.3 Å². The Labute approximate surface area is 159 Å². The fourth-order valence-electron chi connectivity index (χ4n) is 4.52. The van der Waals surface area contributed by atoms with Gasteiger partial charge in [0.2, 0.25) is 5.91 Å². The van der Waals surface area contributed by atoms with Crippen molar-refractivity contribution in [2.24, 2.45) is 11.8 Å². The molecule has 0 spiro atoms. The number of carbonyl (C=O) groups is 2. The maximum atomic E-state index is 13.4. The normalized spacial score (nSPS) is 21.4. The fraction of sp³-hybridized carbons (Fsp3) is 0.619. The van der Waals surface area contributed by atoms with Crippen LogP contribution in [0.25, 0.3) is 0 Å². The topological polar surface area (TPSA) is 75.6 Å². The van der Waals surface area contributed by atoms with Gasteiger partial charge in [0.15, 0.2) is 0 Å². The van der Waals surface area contributed by atoms with Crippen molar-refractivity contribution in [2.75, 3.05) is 19.8 Å². The first-order valence-corrected chi connectivity index (χ1v) is 9.88. The monoisotopic (exact) mass is 377 g/mol. The van der Waals surface area contributed by atoms with Crippen LogP contribution in [0.4, 0.5) is 4.39 Å². The maximum Gasteiger partial charge on any atom is 0.308 e. The summed E-state index contributed by atoms with van der Waals surface area (Å²) in [7, 11) is 0. The fourth-order valence-corrected chi connectivity index (χ4v) is 4.52. The van der Waals surface area contributed by atoms with E-state index in [1.165, 1.54) is 12.1 Å². The first-order chi connectivity index (χ1) is 13.0. The summed E-state index contributed by atoms with van der Waals surface area (Å²) in [6.07, 6.45) is 5.78. The van der Waals surface area contributed by atoms with Gasteiger partial charge in [0, 0.05) is 19.8 Å². The zero-order valence-electron chi connectivity index (χ0n) is 15.6. The molecule has 6 heteroatoms. The van der Waals surface area contributed by atoms with Crippen LogP contribution in [0.2, 0.25) is 0 Å². The molecule has 2 N–H and O–H groups in total. The van der Waals surface area contributed by atoms with E-state index in [-0.39, 0.29) is 24.2 Å². The van der Waals surface area contributed by atoms with Crippen molar-refractivity contribution in [3.8, 4) is 0 Å². The average molecular weight is 377 g/mol. The van der Waals surface area contributed by atoms with Gasteiger partial charge in [-0.3, -0.25) is 9.59 Å². The minimum Gasteiger partial charge on any atom is -0.481 e. The second-order valence-electron chi connectivity index (χ2n) is 7.75. The standard InChI is InChI=1S/C21H28FNO4/c22-17-6-4-16(5-7-17)21(10-2-1-3-11-21)20(26)23-14-18(19(24)25)15-8-12-27-13-9-15/h4-7,15,18H,1-3,8-14H2,(H,23,26)(H,24,25). The highest BCUT2D eigenvalue weighted by atomic mass is 19.1. The summed E-state index contributed by atoms with van der Waals surface area (Å²) < 4.78 is 18.7. The van der Waals surface area contributed by atoms with E-state index in [0.29, 0.717) is 38.9 Å². The van der Waals surface area contributed by atoms with Crippen LogP contribution in [0, 0.1) is 17.7 Å². The number of aliphatic carboxylic acids is 1. The Bertz CT molecular complexity index is 649. The van der Waals surface area contributed by atoms with Gasteiger partial charge >= 0.3 is 5.97 Å². The first kappa shape index (κ1) is 19.8. The van der Waals surface area contributed by atoms with Crippen LogP contribution in [-0.4, -0.2) is 36.7 Å². The lowest BCUT2D eigenvalue weighted by molar-refractivity contribution is -0.145. The molecule has 0 radical (unpaired) electrons. The molecule has 2 aliphatic rings. The second-order valence-corrected chi connectivity index (χ2v) is 7.75. The van der Waals surface area contributed by atoms with Crippen LogP contribution in [-0.2, 0) is 19.7 Å². The largest absolute Gasteiger partial charge is 0.481 e. The molecule has 5 nitrogen and oxygen atoms in total. The van der Waals surface area contributed by atoms with Crippen LogP contribution in [0.5, 0.6) is 0 Å². The number of carbonyl (C=O) groups excluding carboxylic acids is 1. The molecule has 2 fully saturated rings. The Morgan fingerprint density at radius 1 is 1.15 bits per heavy atom. The number of ether oxygens (including phenoxy) is 1. The SMILES string of the molecule is O=C(O)C(CNC(=O)C1(c2ccc(F)cc2)CCCCC1)C1CCOCC1. The number of nitrogens with one attached hydrogen (secondary N) is 1. The Kier molecular flexibility index (Phi) is 6.47. The second kappa shape index (κ2) is 8.83. The Morgan fingerprint density at radius 3 is 2.37 bits per heavy atom. The van der Waals surface area contributed by atoms with E-state index in [4.69, 9.17) is 4.74 Å². The number of rotatable bonds is 6. The van der Waals surface area contributed by atoms with Crippen molar-refractivity contribution in [2.45, 2.75) is 50.4 Å². The van der Waals surface area contributed by atoms with E-state index >= 15 is 0 Å². The molecule has 27 heavy (non-hydrogen) atoms. The van der Waals surface area contributed by atoms with Gasteiger partial charge in [0.25, 0.3) is 0 Å². The molecule has 3 rings (SSSR count). The molecule has 1 saturated carbocycles. The van der Waals surface area contributed by atoms with Crippen molar-refractivity contribution < 1.29 is 23.8 Å². The van der Waals surface area contributed by atoms with Crippen molar-refractivity contribution in [1.82, 2.24) is 5.32 Å². The third-order valence-electron chi connectivity index (χ3n) is 6.17. The van der Waals surface area contributed by atoms with Crippen molar-refractivity contribution in [3.63, 3.8) is 0 Å².